The van der Waals surface area contributed by atoms with Crippen LogP contribution in [0.15, 0.2) is 0 Å². The number of nitrogens with two attached hydrogens (primary N) is 1. The average Bonchev–Trinajstić information content (AvgIpc) is 2.29. The minimum atomic E-state index is 0.0441. The van der Waals surface area contributed by atoms with Gasteiger partial charge in [0.25, 0.3) is 0 Å². The van der Waals surface area contributed by atoms with E-state index >= 15 is 0 Å². The Balaban J connectivity index is -0.000000266. The molecular formula is C9H23NO2SSn. The summed E-state index contributed by atoms with van der Waals surface area (Å²) in [7, 11) is 1.50. The van der Waals surface area contributed by atoms with Crippen LogP contribution in [0.3, 0.4) is 0 Å². The first-order valence-electron chi connectivity index (χ1n) is 4.72. The maximum Gasteiger partial charge on any atom is -0.153 e. The molecule has 0 spiro atoms. The quantitative estimate of drug-likeness (QED) is 0.506. The molecule has 0 aliphatic heterocycles. The Morgan fingerprint density at radius 3 is 2.14 bits per heavy atom. The fourth-order valence-corrected chi connectivity index (χ4v) is 6.78. The fraction of sp³-hybridized carbons (Fsp3) is 1.00. The van der Waals surface area contributed by atoms with Crippen LogP contribution in [0, 0.1) is 0 Å². The number of hydrogen-bond acceptors (Lipinski definition) is 4. The van der Waals surface area contributed by atoms with Gasteiger partial charge in [-0.2, -0.15) is 14.2 Å². The first-order valence-corrected chi connectivity index (χ1v) is 9.91. The monoisotopic (exact) mass is 329 g/mol. The van der Waals surface area contributed by atoms with Crippen molar-refractivity contribution in [2.45, 2.75) is 24.2 Å². The van der Waals surface area contributed by atoms with Crippen LogP contribution >= 0.6 is 11.8 Å². The first kappa shape index (κ1) is 20.4. The van der Waals surface area contributed by atoms with Crippen LogP contribution in [0.1, 0.15) is 19.8 Å². The summed E-state index contributed by atoms with van der Waals surface area (Å²) in [5.41, 5.74) is 5.38. The van der Waals surface area contributed by atoms with Crippen LogP contribution in [0.5, 0.6) is 0 Å². The molecule has 0 radical (unpaired) electrons. The van der Waals surface area contributed by atoms with Crippen molar-refractivity contribution < 1.29 is 10.2 Å². The van der Waals surface area contributed by atoms with Crippen molar-refractivity contribution in [3.8, 4) is 0 Å². The van der Waals surface area contributed by atoms with Gasteiger partial charge in [0.15, 0.2) is 0 Å². The zero-order chi connectivity index (χ0) is 11.7. The number of thioether (sulfide) groups is 1. The summed E-state index contributed by atoms with van der Waals surface area (Å²) < 4.78 is 3.04. The average molecular weight is 328 g/mol. The van der Waals surface area contributed by atoms with Crippen LogP contribution in [0.2, 0.25) is 4.44 Å². The summed E-state index contributed by atoms with van der Waals surface area (Å²) >= 11 is 2.15. The van der Waals surface area contributed by atoms with E-state index < -0.39 is 0 Å². The Kier molecular flexibility index (Phi) is 42.7. The van der Waals surface area contributed by atoms with Gasteiger partial charge in [0.05, 0.1) is 0 Å². The predicted molar refractivity (Wildman–Crippen MR) is 63.7 cm³/mol. The van der Waals surface area contributed by atoms with E-state index in [2.05, 4.69) is 18.7 Å². The molecule has 0 atom stereocenters. The van der Waals surface area contributed by atoms with Gasteiger partial charge in [-0.15, -0.1) is 0 Å². The van der Waals surface area contributed by atoms with Crippen molar-refractivity contribution in [3.05, 3.63) is 0 Å². The molecule has 0 amide bonds. The van der Waals surface area contributed by atoms with E-state index in [4.69, 9.17) is 15.9 Å². The van der Waals surface area contributed by atoms with Crippen LogP contribution in [0.25, 0.3) is 0 Å². The Bertz CT molecular complexity index is 62.8. The zero-order valence-electron chi connectivity index (χ0n) is 9.54. The second-order valence-electron chi connectivity index (χ2n) is 2.13. The fourth-order valence-electron chi connectivity index (χ4n) is 0.641. The van der Waals surface area contributed by atoms with Crippen LogP contribution in [-0.4, -0.2) is 51.4 Å². The smallest absolute Gasteiger partial charge is 0.153 e. The second-order valence-corrected chi connectivity index (χ2v) is 8.73. The molecule has 3 nitrogen and oxygen atoms in total. The summed E-state index contributed by atoms with van der Waals surface area (Å²) in [6, 6.07) is 0. The van der Waals surface area contributed by atoms with Crippen molar-refractivity contribution in [2.24, 2.45) is 5.73 Å². The van der Waals surface area contributed by atoms with E-state index in [1.54, 1.807) is 0 Å². The van der Waals surface area contributed by atoms with Gasteiger partial charge in [-0.1, -0.05) is 0 Å². The van der Waals surface area contributed by atoms with Gasteiger partial charge in [-0.25, -0.2) is 0 Å². The van der Waals surface area contributed by atoms with Crippen LogP contribution < -0.4 is 15.9 Å². The molecule has 86 valence electrons. The molecule has 0 aliphatic carbocycles. The van der Waals surface area contributed by atoms with E-state index in [0.29, 0.717) is 0 Å². The molecule has 0 aliphatic rings. The molecule has 2 N–H and O–H groups in total. The summed E-state index contributed by atoms with van der Waals surface area (Å²) in [6.45, 7) is 3.13. The summed E-state index contributed by atoms with van der Waals surface area (Å²) in [5.74, 6) is 1.30. The molecule has 14 heavy (non-hydrogen) atoms. The van der Waals surface area contributed by atoms with E-state index in [1.165, 1.54) is 26.8 Å². The summed E-state index contributed by atoms with van der Waals surface area (Å²) in [6.07, 6.45) is 2.64. The normalized spacial score (nSPS) is 7.57. The number of unbranched alkanes of at least 4 members (excludes halogenated alkanes) is 1. The zero-order valence-corrected chi connectivity index (χ0v) is 13.2. The van der Waals surface area contributed by atoms with Gasteiger partial charge in [0.2, 0.25) is 0 Å². The van der Waals surface area contributed by atoms with Crippen molar-refractivity contribution in [2.75, 3.05) is 30.3 Å². The molecule has 0 bridgehead atoms. The van der Waals surface area contributed by atoms with Gasteiger partial charge in [0, 0.05) is 0 Å². The molecule has 0 fully saturated rings. The Labute approximate surface area is 103 Å². The summed E-state index contributed by atoms with van der Waals surface area (Å²) in [4.78, 5) is 0. The minimum Gasteiger partial charge on any atom is -0.857 e. The van der Waals surface area contributed by atoms with Gasteiger partial charge in [0.1, 0.15) is 0 Å². The molecule has 5 heteroatoms. The van der Waals surface area contributed by atoms with Crippen molar-refractivity contribution >= 4 is 32.9 Å². The van der Waals surface area contributed by atoms with Gasteiger partial charge < -0.3 is 10.2 Å². The van der Waals surface area contributed by atoms with Gasteiger partial charge >= 0.3 is 78.9 Å². The van der Waals surface area contributed by atoms with Gasteiger partial charge in [-0.05, 0) is 0 Å². The van der Waals surface area contributed by atoms with E-state index in [9.17, 15) is 0 Å². The maximum atomic E-state index is 8.25. The van der Waals surface area contributed by atoms with Crippen molar-refractivity contribution in [1.29, 1.82) is 0 Å². The number of rotatable bonds is 7. The third kappa shape index (κ3) is 29.2. The second kappa shape index (κ2) is 29.2. The minimum absolute atomic E-state index is 0.0441. The predicted octanol–water partition coefficient (Wildman–Crippen LogP) is -0.489. The Morgan fingerprint density at radius 2 is 1.71 bits per heavy atom. The van der Waals surface area contributed by atoms with Crippen molar-refractivity contribution in [3.63, 3.8) is 0 Å². The Hall–Kier alpha value is 1.03. The first-order chi connectivity index (χ1) is 6.91. The summed E-state index contributed by atoms with van der Waals surface area (Å²) in [5, 5.41) is 16.5. The largest absolute Gasteiger partial charge is 0.857 e. The third-order valence-corrected chi connectivity index (χ3v) is 7.55. The van der Waals surface area contributed by atoms with E-state index in [1.807, 2.05) is 0 Å². The van der Waals surface area contributed by atoms with E-state index in [-0.39, 0.29) is 21.1 Å². The van der Waals surface area contributed by atoms with E-state index in [0.717, 1.165) is 20.8 Å². The SMILES string of the molecule is CCS[CH2][Sn+2][CH2]CCCN.C[O-].C[O-]. The molecule has 0 heterocycles. The standard InChI is InChI=1S/C4H10N.C3H7S.2CH3O.Sn/c1-2-3-4-5;1-3-4-2;2*1-2;/h1-5H2;2-3H2,1H3;2*1H3;/q;;2*-1;+2. The number of hydrogen-bond donors (Lipinski definition) is 1. The molecule has 0 saturated heterocycles. The van der Waals surface area contributed by atoms with Gasteiger partial charge in [-0.3, -0.25) is 0 Å². The molecule has 0 aromatic carbocycles. The molecule has 0 unspecified atom stereocenters. The van der Waals surface area contributed by atoms with Crippen LogP contribution in [0.4, 0.5) is 0 Å². The third-order valence-electron chi connectivity index (χ3n) is 1.22. The maximum absolute atomic E-state index is 8.25. The molecule has 0 aromatic heterocycles. The molecule has 0 rings (SSSR count). The molecule has 0 saturated carbocycles. The van der Waals surface area contributed by atoms with Crippen molar-refractivity contribution in [1.82, 2.24) is 0 Å². The molecule has 0 aromatic rings. The molecular weight excluding hydrogens is 305 g/mol. The van der Waals surface area contributed by atoms with Crippen LogP contribution in [-0.2, 0) is 0 Å². The topological polar surface area (TPSA) is 72.1 Å². The Morgan fingerprint density at radius 1 is 1.14 bits per heavy atom.